The Balaban J connectivity index is 2.15. The molecule has 1 aromatic heterocycles. The van der Waals surface area contributed by atoms with E-state index in [2.05, 4.69) is 0 Å². The van der Waals surface area contributed by atoms with Gasteiger partial charge in [0.15, 0.2) is 12.2 Å². The molecule has 164 valence electrons. The van der Waals surface area contributed by atoms with E-state index in [0.29, 0.717) is 27.9 Å². The first-order valence-corrected chi connectivity index (χ1v) is 9.98. The molecule has 0 radical (unpaired) electrons. The first-order valence-electron chi connectivity index (χ1n) is 9.98. The van der Waals surface area contributed by atoms with Crippen LogP contribution in [0.2, 0.25) is 0 Å². The molecular weight excluding hydrogens is 400 g/mol. The summed E-state index contributed by atoms with van der Waals surface area (Å²) in [6.45, 7) is 10.4. The fourth-order valence-corrected chi connectivity index (χ4v) is 3.34. The van der Waals surface area contributed by atoms with Crippen molar-refractivity contribution in [3.05, 3.63) is 63.5 Å². The van der Waals surface area contributed by atoms with Gasteiger partial charge in [-0.2, -0.15) is 0 Å². The summed E-state index contributed by atoms with van der Waals surface area (Å²) >= 11 is 0. The molecule has 31 heavy (non-hydrogen) atoms. The maximum absolute atomic E-state index is 12.6. The van der Waals surface area contributed by atoms with Crippen LogP contribution < -0.4 is 10.4 Å². The molecular formula is C24H26O7. The second-order valence-corrected chi connectivity index (χ2v) is 8.26. The molecule has 1 aromatic carbocycles. The molecule has 0 spiro atoms. The van der Waals surface area contributed by atoms with Crippen LogP contribution in [-0.4, -0.2) is 23.6 Å². The van der Waals surface area contributed by atoms with Crippen molar-refractivity contribution in [2.45, 2.75) is 59.4 Å². The summed E-state index contributed by atoms with van der Waals surface area (Å²) < 4.78 is 22.9. The first-order chi connectivity index (χ1) is 14.5. The second-order valence-electron chi connectivity index (χ2n) is 8.26. The Morgan fingerprint density at radius 3 is 2.45 bits per heavy atom. The molecule has 7 nitrogen and oxygen atoms in total. The summed E-state index contributed by atoms with van der Waals surface area (Å²) in [4.78, 5) is 36.7. The Labute approximate surface area is 180 Å². The summed E-state index contributed by atoms with van der Waals surface area (Å²) in [7, 11) is 0. The molecule has 1 aliphatic rings. The average Bonchev–Trinajstić information content (AvgIpc) is 2.67. The molecule has 0 bridgehead atoms. The van der Waals surface area contributed by atoms with E-state index in [1.165, 1.54) is 12.1 Å². The molecule has 0 saturated carbocycles. The van der Waals surface area contributed by atoms with Crippen LogP contribution in [-0.2, 0) is 19.1 Å². The lowest BCUT2D eigenvalue weighted by Gasteiger charge is -2.43. The Morgan fingerprint density at radius 2 is 1.81 bits per heavy atom. The van der Waals surface area contributed by atoms with E-state index < -0.39 is 35.4 Å². The van der Waals surface area contributed by atoms with Gasteiger partial charge in [-0.1, -0.05) is 11.6 Å². The largest absolute Gasteiger partial charge is 0.483 e. The lowest BCUT2D eigenvalue weighted by Crippen LogP contribution is -2.52. The van der Waals surface area contributed by atoms with Crippen LogP contribution >= 0.6 is 0 Å². The third-order valence-corrected chi connectivity index (χ3v) is 5.03. The van der Waals surface area contributed by atoms with E-state index in [-0.39, 0.29) is 0 Å². The molecule has 0 fully saturated rings. The number of esters is 2. The SMILES string of the molecule is CC=C(C)C(=O)O[C@H]1[C@H](OC(=O)C=C(C)C)c2cc3ccc(=O)oc3cc2OC1(C)C. The van der Waals surface area contributed by atoms with Gasteiger partial charge in [0.2, 0.25) is 0 Å². The van der Waals surface area contributed by atoms with Crippen molar-refractivity contribution in [3.63, 3.8) is 0 Å². The topological polar surface area (TPSA) is 92.0 Å². The lowest BCUT2D eigenvalue weighted by molar-refractivity contribution is -0.185. The molecule has 0 aliphatic carbocycles. The number of allylic oxidation sites excluding steroid dienone is 2. The number of hydrogen-bond donors (Lipinski definition) is 0. The molecule has 3 rings (SSSR count). The molecule has 0 amide bonds. The standard InChI is InChI=1S/C24H26O7/c1-7-14(4)23(27)30-22-21(29-20(26)10-13(2)3)16-11-15-8-9-19(25)28-17(15)12-18(16)31-24(22,5)6/h7-12,21-22H,1-6H3/t21-,22+/m1/s1. The molecule has 7 heteroatoms. The molecule has 2 aromatic rings. The van der Waals surface area contributed by atoms with Gasteiger partial charge in [-0.15, -0.1) is 0 Å². The summed E-state index contributed by atoms with van der Waals surface area (Å²) in [5.41, 5.74) is 0.549. The van der Waals surface area contributed by atoms with Crippen LogP contribution in [0.3, 0.4) is 0 Å². The van der Waals surface area contributed by atoms with Gasteiger partial charge in [0.1, 0.15) is 16.9 Å². The number of rotatable bonds is 4. The summed E-state index contributed by atoms with van der Waals surface area (Å²) in [6.07, 6.45) is 1.18. The Kier molecular flexibility index (Phi) is 6.06. The minimum absolute atomic E-state index is 0.344. The average molecular weight is 426 g/mol. The van der Waals surface area contributed by atoms with E-state index in [0.717, 1.165) is 5.57 Å². The molecule has 1 aliphatic heterocycles. The number of fused-ring (bicyclic) bond motifs is 2. The third kappa shape index (κ3) is 4.71. The Bertz CT molecular complexity index is 1150. The van der Waals surface area contributed by atoms with E-state index in [1.807, 2.05) is 0 Å². The second kappa shape index (κ2) is 8.41. The zero-order chi connectivity index (χ0) is 22.9. The third-order valence-electron chi connectivity index (χ3n) is 5.03. The van der Waals surface area contributed by atoms with Crippen LogP contribution in [0, 0.1) is 0 Å². The highest BCUT2D eigenvalue weighted by Crippen LogP contribution is 2.45. The van der Waals surface area contributed by atoms with Crippen molar-refractivity contribution in [2.75, 3.05) is 0 Å². The molecule has 0 saturated heterocycles. The van der Waals surface area contributed by atoms with E-state index in [1.54, 1.807) is 65.8 Å². The Hall–Kier alpha value is -3.35. The van der Waals surface area contributed by atoms with Crippen LogP contribution in [0.1, 0.15) is 53.2 Å². The quantitative estimate of drug-likeness (QED) is 0.407. The number of benzene rings is 1. The van der Waals surface area contributed by atoms with Crippen LogP contribution in [0.15, 0.2) is 56.8 Å². The van der Waals surface area contributed by atoms with Crippen molar-refractivity contribution in [1.82, 2.24) is 0 Å². The zero-order valence-electron chi connectivity index (χ0n) is 18.5. The maximum Gasteiger partial charge on any atom is 0.336 e. The summed E-state index contributed by atoms with van der Waals surface area (Å²) in [5.74, 6) is -0.697. The van der Waals surface area contributed by atoms with Crippen molar-refractivity contribution >= 4 is 22.9 Å². The van der Waals surface area contributed by atoms with Gasteiger partial charge in [-0.05, 0) is 53.7 Å². The van der Waals surface area contributed by atoms with E-state index in [9.17, 15) is 14.4 Å². The fourth-order valence-electron chi connectivity index (χ4n) is 3.34. The van der Waals surface area contributed by atoms with Gasteiger partial charge in [-0.3, -0.25) is 0 Å². The fraction of sp³-hybridized carbons (Fsp3) is 0.375. The molecule has 2 atom stereocenters. The van der Waals surface area contributed by atoms with Crippen LogP contribution in [0.5, 0.6) is 5.75 Å². The highest BCUT2D eigenvalue weighted by atomic mass is 16.6. The smallest absolute Gasteiger partial charge is 0.336 e. The van der Waals surface area contributed by atoms with Crippen LogP contribution in [0.25, 0.3) is 11.0 Å². The molecule has 0 N–H and O–H groups in total. The Morgan fingerprint density at radius 1 is 1.10 bits per heavy atom. The predicted octanol–water partition coefficient (Wildman–Crippen LogP) is 4.39. The highest BCUT2D eigenvalue weighted by molar-refractivity contribution is 5.88. The summed E-state index contributed by atoms with van der Waals surface area (Å²) in [6, 6.07) is 6.22. The number of carbonyl (C=O) groups is 2. The maximum atomic E-state index is 12.6. The normalized spacial score (nSPS) is 19.7. The minimum atomic E-state index is -1.03. The zero-order valence-corrected chi connectivity index (χ0v) is 18.5. The van der Waals surface area contributed by atoms with Gasteiger partial charge < -0.3 is 18.6 Å². The number of hydrogen-bond acceptors (Lipinski definition) is 7. The molecule has 2 heterocycles. The monoisotopic (exact) mass is 426 g/mol. The van der Waals surface area contributed by atoms with Crippen LogP contribution in [0.4, 0.5) is 0 Å². The van der Waals surface area contributed by atoms with Crippen molar-refractivity contribution < 1.29 is 28.2 Å². The number of carbonyl (C=O) groups excluding carboxylic acids is 2. The van der Waals surface area contributed by atoms with Crippen molar-refractivity contribution in [2.24, 2.45) is 0 Å². The van der Waals surface area contributed by atoms with Gasteiger partial charge in [0.25, 0.3) is 0 Å². The van der Waals surface area contributed by atoms with Gasteiger partial charge in [0, 0.05) is 34.7 Å². The first kappa shape index (κ1) is 22.3. The van der Waals surface area contributed by atoms with Gasteiger partial charge >= 0.3 is 17.6 Å². The number of ether oxygens (including phenoxy) is 3. The minimum Gasteiger partial charge on any atom is -0.483 e. The highest BCUT2D eigenvalue weighted by Gasteiger charge is 2.49. The van der Waals surface area contributed by atoms with E-state index in [4.69, 9.17) is 18.6 Å². The van der Waals surface area contributed by atoms with Gasteiger partial charge in [-0.25, -0.2) is 14.4 Å². The van der Waals surface area contributed by atoms with Gasteiger partial charge in [0.05, 0.1) is 0 Å². The summed E-state index contributed by atoms with van der Waals surface area (Å²) in [5, 5.41) is 0.625. The van der Waals surface area contributed by atoms with Crippen molar-refractivity contribution in [3.8, 4) is 5.75 Å². The molecule has 0 unspecified atom stereocenters. The predicted molar refractivity (Wildman–Crippen MR) is 115 cm³/mol. The van der Waals surface area contributed by atoms with E-state index >= 15 is 0 Å². The van der Waals surface area contributed by atoms with Crippen molar-refractivity contribution in [1.29, 1.82) is 0 Å². The lowest BCUT2D eigenvalue weighted by atomic mass is 9.87.